The Morgan fingerprint density at radius 2 is 2.00 bits per heavy atom. The summed E-state index contributed by atoms with van der Waals surface area (Å²) in [5.74, 6) is 0.156. The van der Waals surface area contributed by atoms with Crippen LogP contribution in [0.2, 0.25) is 0 Å². The smallest absolute Gasteiger partial charge is 0.276 e. The van der Waals surface area contributed by atoms with Crippen molar-refractivity contribution in [2.24, 2.45) is 5.10 Å². The summed E-state index contributed by atoms with van der Waals surface area (Å²) in [7, 11) is 0. The van der Waals surface area contributed by atoms with Gasteiger partial charge in [0.05, 0.1) is 27.9 Å². The molecule has 0 bridgehead atoms. The minimum absolute atomic E-state index is 0.108. The lowest BCUT2D eigenvalue weighted by Gasteiger charge is -2.12. The number of nitro benzene ring substituents is 1. The van der Waals surface area contributed by atoms with Crippen LogP contribution in [0, 0.1) is 10.1 Å². The Labute approximate surface area is 168 Å². The molecule has 150 valence electrons. The van der Waals surface area contributed by atoms with Gasteiger partial charge in [-0.2, -0.15) is 5.10 Å². The van der Waals surface area contributed by atoms with E-state index in [1.807, 2.05) is 6.07 Å². The largest absolute Gasteiger partial charge is 0.466 e. The average Bonchev–Trinajstić information content (AvgIpc) is 3.29. The van der Waals surface area contributed by atoms with Gasteiger partial charge < -0.3 is 14.5 Å². The van der Waals surface area contributed by atoms with Crippen molar-refractivity contribution in [1.29, 1.82) is 0 Å². The van der Waals surface area contributed by atoms with Crippen molar-refractivity contribution in [2.75, 3.05) is 5.43 Å². The number of H-pyrrole nitrogens is 1. The maximum Gasteiger partial charge on any atom is 0.276 e. The van der Waals surface area contributed by atoms with Crippen LogP contribution in [-0.2, 0) is 0 Å². The molecular weight excluding hydrogens is 390 g/mol. The minimum Gasteiger partial charge on any atom is -0.466 e. The highest BCUT2D eigenvalue weighted by Crippen LogP contribution is 2.21. The van der Waals surface area contributed by atoms with Crippen molar-refractivity contribution in [3.05, 3.63) is 98.8 Å². The molecule has 1 atom stereocenters. The number of hydrogen-bond acceptors (Lipinski definition) is 8. The second kappa shape index (κ2) is 7.97. The molecule has 0 aliphatic rings. The lowest BCUT2D eigenvalue weighted by atomic mass is 10.1. The second-order valence-corrected chi connectivity index (χ2v) is 6.27. The summed E-state index contributed by atoms with van der Waals surface area (Å²) in [4.78, 5) is 30.0. The highest BCUT2D eigenvalue weighted by molar-refractivity contribution is 6.03. The molecule has 0 radical (unpaired) electrons. The van der Waals surface area contributed by atoms with Gasteiger partial charge in [-0.15, -0.1) is 0 Å². The first kappa shape index (κ1) is 19.0. The lowest BCUT2D eigenvalue weighted by molar-refractivity contribution is -0.384. The van der Waals surface area contributed by atoms with Gasteiger partial charge in [0, 0.05) is 12.1 Å². The van der Waals surface area contributed by atoms with Crippen LogP contribution in [0.3, 0.4) is 0 Å². The van der Waals surface area contributed by atoms with Crippen LogP contribution in [0.25, 0.3) is 11.0 Å². The number of nitro groups is 1. The predicted molar refractivity (Wildman–Crippen MR) is 109 cm³/mol. The third-order valence-corrected chi connectivity index (χ3v) is 4.28. The fourth-order valence-electron chi connectivity index (χ4n) is 2.82. The van der Waals surface area contributed by atoms with Crippen molar-refractivity contribution in [3.8, 4) is 0 Å². The van der Waals surface area contributed by atoms with Crippen LogP contribution in [0.5, 0.6) is 0 Å². The highest BCUT2D eigenvalue weighted by Gasteiger charge is 2.25. The van der Waals surface area contributed by atoms with Crippen LogP contribution >= 0.6 is 0 Å². The summed E-state index contributed by atoms with van der Waals surface area (Å²) in [5, 5.41) is 26.0. The molecule has 2 aromatic carbocycles. The Kier molecular flexibility index (Phi) is 5.06. The molecule has 3 N–H and O–H groups in total. The monoisotopic (exact) mass is 405 g/mol. The zero-order valence-electron chi connectivity index (χ0n) is 15.4. The molecular formula is C20H15N5O5. The average molecular weight is 405 g/mol. The van der Waals surface area contributed by atoms with E-state index in [0.29, 0.717) is 11.2 Å². The number of fused-ring (bicyclic) bond motifs is 1. The van der Waals surface area contributed by atoms with Crippen LogP contribution in [0.4, 0.5) is 11.4 Å². The number of hydrazone groups is 1. The van der Waals surface area contributed by atoms with E-state index >= 15 is 0 Å². The van der Waals surface area contributed by atoms with E-state index < -0.39 is 16.6 Å². The van der Waals surface area contributed by atoms with Crippen molar-refractivity contribution in [3.63, 3.8) is 0 Å². The number of aliphatic hydroxyl groups is 1. The van der Waals surface area contributed by atoms with Crippen LogP contribution < -0.4 is 11.0 Å². The van der Waals surface area contributed by atoms with E-state index in [1.165, 1.54) is 30.5 Å². The number of nitrogens with zero attached hydrogens (tertiary/aromatic N) is 3. The van der Waals surface area contributed by atoms with Crippen molar-refractivity contribution in [2.45, 2.75) is 6.10 Å². The lowest BCUT2D eigenvalue weighted by Crippen LogP contribution is -2.26. The highest BCUT2D eigenvalue weighted by atomic mass is 16.6. The molecule has 0 aliphatic heterocycles. The molecule has 4 rings (SSSR count). The van der Waals surface area contributed by atoms with Gasteiger partial charge in [0.2, 0.25) is 0 Å². The van der Waals surface area contributed by atoms with E-state index in [-0.39, 0.29) is 28.4 Å². The third-order valence-electron chi connectivity index (χ3n) is 4.28. The molecule has 0 fully saturated rings. The molecule has 0 saturated carbocycles. The van der Waals surface area contributed by atoms with Gasteiger partial charge in [-0.1, -0.05) is 18.2 Å². The van der Waals surface area contributed by atoms with Crippen LogP contribution in [-0.4, -0.2) is 25.7 Å². The van der Waals surface area contributed by atoms with Crippen LogP contribution in [0.1, 0.15) is 17.6 Å². The van der Waals surface area contributed by atoms with Gasteiger partial charge in [-0.05, 0) is 30.3 Å². The molecule has 2 aromatic heterocycles. The van der Waals surface area contributed by atoms with Crippen molar-refractivity contribution >= 4 is 28.1 Å². The number of furan rings is 1. The van der Waals surface area contributed by atoms with Gasteiger partial charge in [0.1, 0.15) is 11.5 Å². The first-order valence-electron chi connectivity index (χ1n) is 8.82. The topological polar surface area (TPSA) is 147 Å². The van der Waals surface area contributed by atoms with E-state index in [4.69, 9.17) is 4.42 Å². The van der Waals surface area contributed by atoms with E-state index in [1.54, 1.807) is 30.3 Å². The fraction of sp³-hybridized carbons (Fsp3) is 0.0500. The maximum absolute atomic E-state index is 12.7. The Bertz CT molecular complexity index is 1280. The van der Waals surface area contributed by atoms with E-state index in [9.17, 15) is 20.0 Å². The molecule has 1 unspecified atom stereocenters. The quantitative estimate of drug-likeness (QED) is 0.254. The summed E-state index contributed by atoms with van der Waals surface area (Å²) in [6, 6.07) is 15.9. The van der Waals surface area contributed by atoms with Crippen molar-refractivity contribution < 1.29 is 14.4 Å². The number of nitrogens with one attached hydrogen (secondary N) is 2. The van der Waals surface area contributed by atoms with Gasteiger partial charge >= 0.3 is 0 Å². The number of rotatable bonds is 6. The summed E-state index contributed by atoms with van der Waals surface area (Å²) >= 11 is 0. The molecule has 2 heterocycles. The number of para-hydroxylation sites is 1. The molecule has 0 saturated heterocycles. The Hall–Kier alpha value is -4.31. The number of aliphatic hydroxyl groups excluding tert-OH is 1. The standard InChI is InChI=1S/C20H15N5O5/c26-19(16-7-4-10-30-16)17(24-23-12-5-2-1-3-6-12)18-20(27)22-14-9-8-13(25(28)29)11-15(14)21-18/h1-11,19,23,26H,(H,22,27)/b24-17+. The number of anilines is 1. The predicted octanol–water partition coefficient (Wildman–Crippen LogP) is 2.97. The molecule has 0 aliphatic carbocycles. The zero-order valence-corrected chi connectivity index (χ0v) is 15.4. The van der Waals surface area contributed by atoms with Gasteiger partial charge in [0.25, 0.3) is 11.2 Å². The third kappa shape index (κ3) is 3.80. The van der Waals surface area contributed by atoms with E-state index in [0.717, 1.165) is 0 Å². The van der Waals surface area contributed by atoms with E-state index in [2.05, 4.69) is 20.5 Å². The summed E-state index contributed by atoms with van der Waals surface area (Å²) in [6.45, 7) is 0. The summed E-state index contributed by atoms with van der Waals surface area (Å²) in [5.41, 5.74) is 2.79. The molecule has 30 heavy (non-hydrogen) atoms. The Morgan fingerprint density at radius 3 is 2.70 bits per heavy atom. The molecule has 10 nitrogen and oxygen atoms in total. The molecule has 4 aromatic rings. The SMILES string of the molecule is O=c1[nH]c2ccc([N+](=O)[O-])cc2nc1/C(=N\Nc1ccccc1)C(O)c1ccco1. The van der Waals surface area contributed by atoms with Crippen molar-refractivity contribution in [1.82, 2.24) is 9.97 Å². The number of hydrogen-bond donors (Lipinski definition) is 3. The summed E-state index contributed by atoms with van der Waals surface area (Å²) in [6.07, 6.45) is -0.0247. The first-order valence-corrected chi connectivity index (χ1v) is 8.82. The normalized spacial score (nSPS) is 12.6. The van der Waals surface area contributed by atoms with Gasteiger partial charge in [-0.3, -0.25) is 20.3 Å². The van der Waals surface area contributed by atoms with Gasteiger partial charge in [0.15, 0.2) is 11.8 Å². The fourth-order valence-corrected chi connectivity index (χ4v) is 2.82. The Morgan fingerprint density at radius 1 is 1.20 bits per heavy atom. The number of benzene rings is 2. The Balaban J connectivity index is 1.84. The minimum atomic E-state index is -1.40. The van der Waals surface area contributed by atoms with Crippen LogP contribution in [0.15, 0.2) is 81.2 Å². The van der Waals surface area contributed by atoms with Gasteiger partial charge in [-0.25, -0.2) is 4.98 Å². The molecule has 10 heteroatoms. The zero-order chi connectivity index (χ0) is 21.1. The molecule has 0 spiro atoms. The second-order valence-electron chi connectivity index (χ2n) is 6.27. The number of aromatic nitrogens is 2. The number of aromatic amines is 1. The maximum atomic E-state index is 12.7. The first-order chi connectivity index (χ1) is 14.5. The number of non-ortho nitro benzene ring substituents is 1. The summed E-state index contributed by atoms with van der Waals surface area (Å²) < 4.78 is 5.24. The molecule has 0 amide bonds.